The molecule has 2 heterocycles. The molecule has 1 amide bonds. The molecule has 1 aromatic heterocycles. The third kappa shape index (κ3) is 4.87. The fourth-order valence-electron chi connectivity index (χ4n) is 3.53. The Balaban J connectivity index is 1.65. The highest BCUT2D eigenvalue weighted by Gasteiger charge is 2.23. The fraction of sp³-hybridized carbons (Fsp3) is 0.217. The van der Waals surface area contributed by atoms with Crippen LogP contribution in [0.15, 0.2) is 77.9 Å². The van der Waals surface area contributed by atoms with Crippen LogP contribution in [0.3, 0.4) is 0 Å². The molecule has 158 valence electrons. The van der Waals surface area contributed by atoms with E-state index < -0.39 is 10.8 Å². The minimum absolute atomic E-state index is 0.104. The third-order valence-electron chi connectivity index (χ3n) is 5.10. The Morgan fingerprint density at radius 2 is 1.77 bits per heavy atom. The van der Waals surface area contributed by atoms with Gasteiger partial charge in [-0.3, -0.25) is 14.9 Å². The van der Waals surface area contributed by atoms with Crippen LogP contribution in [0.25, 0.3) is 0 Å². The predicted molar refractivity (Wildman–Crippen MR) is 116 cm³/mol. The molecule has 0 bridgehead atoms. The zero-order chi connectivity index (χ0) is 21.6. The number of pyridine rings is 1. The smallest absolute Gasteiger partial charge is 0.293 e. The van der Waals surface area contributed by atoms with Crippen LogP contribution in [0.2, 0.25) is 0 Å². The molecule has 8 nitrogen and oxygen atoms in total. The van der Waals surface area contributed by atoms with Crippen LogP contribution in [0, 0.1) is 10.1 Å². The third-order valence-corrected chi connectivity index (χ3v) is 5.10. The van der Waals surface area contributed by atoms with Crippen molar-refractivity contribution in [3.63, 3.8) is 0 Å². The second kappa shape index (κ2) is 9.36. The van der Waals surface area contributed by atoms with Gasteiger partial charge in [-0.15, -0.1) is 0 Å². The van der Waals surface area contributed by atoms with Gasteiger partial charge >= 0.3 is 0 Å². The molecule has 3 aromatic rings. The van der Waals surface area contributed by atoms with Crippen molar-refractivity contribution >= 4 is 17.3 Å². The van der Waals surface area contributed by atoms with Gasteiger partial charge in [-0.25, -0.2) is 0 Å². The van der Waals surface area contributed by atoms with Gasteiger partial charge < -0.3 is 14.2 Å². The van der Waals surface area contributed by atoms with Crippen molar-refractivity contribution < 1.29 is 14.5 Å². The first-order valence-corrected chi connectivity index (χ1v) is 10.0. The normalized spacial score (nSPS) is 14.5. The Bertz CT molecular complexity index is 1150. The molecule has 4 rings (SSSR count). The quantitative estimate of drug-likeness (QED) is 0.469. The van der Waals surface area contributed by atoms with Gasteiger partial charge in [0.05, 0.1) is 18.1 Å². The van der Waals surface area contributed by atoms with Crippen LogP contribution in [0.1, 0.15) is 15.9 Å². The van der Waals surface area contributed by atoms with E-state index >= 15 is 0 Å². The summed E-state index contributed by atoms with van der Waals surface area (Å²) in [5.41, 5.74) is 2.13. The molecule has 1 aliphatic heterocycles. The molecule has 2 aromatic carbocycles. The SMILES string of the molecule is O=C(N=c1ccccn1Cc1ccccc1)c1ccc(N2CCOCC2)c([N+](=O)[O-])c1. The Labute approximate surface area is 179 Å². The number of nitro groups is 1. The molecule has 0 N–H and O–H groups in total. The second-order valence-corrected chi connectivity index (χ2v) is 7.15. The van der Waals surface area contributed by atoms with E-state index in [1.165, 1.54) is 6.07 Å². The summed E-state index contributed by atoms with van der Waals surface area (Å²) >= 11 is 0. The summed E-state index contributed by atoms with van der Waals surface area (Å²) in [6.07, 6.45) is 1.85. The number of carbonyl (C=O) groups excluding carboxylic acids is 1. The maximum absolute atomic E-state index is 12.8. The second-order valence-electron chi connectivity index (χ2n) is 7.15. The van der Waals surface area contributed by atoms with E-state index in [1.54, 1.807) is 24.3 Å². The van der Waals surface area contributed by atoms with Crippen LogP contribution in [-0.4, -0.2) is 41.7 Å². The van der Waals surface area contributed by atoms with Gasteiger partial charge in [-0.1, -0.05) is 36.4 Å². The molecule has 1 fully saturated rings. The van der Waals surface area contributed by atoms with Crippen molar-refractivity contribution in [1.29, 1.82) is 0 Å². The maximum Gasteiger partial charge on any atom is 0.293 e. The summed E-state index contributed by atoms with van der Waals surface area (Å²) in [5.74, 6) is -0.523. The highest BCUT2D eigenvalue weighted by atomic mass is 16.6. The summed E-state index contributed by atoms with van der Waals surface area (Å²) < 4.78 is 7.19. The molecule has 0 saturated carbocycles. The monoisotopic (exact) mass is 418 g/mol. The molecule has 0 atom stereocenters. The van der Waals surface area contributed by atoms with E-state index in [0.29, 0.717) is 44.0 Å². The van der Waals surface area contributed by atoms with E-state index in [-0.39, 0.29) is 11.3 Å². The standard InChI is InChI=1S/C23H22N4O4/c28-23(24-22-8-4-5-11-26(22)17-18-6-2-1-3-7-18)19-9-10-20(21(16-19)27(29)30)25-12-14-31-15-13-25/h1-11,16H,12-15,17H2. The maximum atomic E-state index is 12.8. The van der Waals surface area contributed by atoms with Crippen LogP contribution in [0.5, 0.6) is 0 Å². The van der Waals surface area contributed by atoms with Crippen molar-refractivity contribution in [2.75, 3.05) is 31.2 Å². The van der Waals surface area contributed by atoms with Crippen LogP contribution in [-0.2, 0) is 11.3 Å². The van der Waals surface area contributed by atoms with Gasteiger partial charge in [0.25, 0.3) is 11.6 Å². The summed E-state index contributed by atoms with van der Waals surface area (Å²) in [4.78, 5) is 30.2. The number of hydrogen-bond donors (Lipinski definition) is 0. The molecule has 1 aliphatic rings. The number of aromatic nitrogens is 1. The van der Waals surface area contributed by atoms with Crippen molar-refractivity contribution in [2.45, 2.75) is 6.54 Å². The molecular formula is C23H22N4O4. The summed E-state index contributed by atoms with van der Waals surface area (Å²) in [7, 11) is 0. The Morgan fingerprint density at radius 3 is 2.52 bits per heavy atom. The van der Waals surface area contributed by atoms with Crippen molar-refractivity contribution in [1.82, 2.24) is 4.57 Å². The van der Waals surface area contributed by atoms with E-state index in [1.807, 2.05) is 52.1 Å². The lowest BCUT2D eigenvalue weighted by Gasteiger charge is -2.28. The average molecular weight is 418 g/mol. The number of morpholine rings is 1. The molecule has 0 radical (unpaired) electrons. The number of amides is 1. The first kappa shape index (κ1) is 20.5. The fourth-order valence-corrected chi connectivity index (χ4v) is 3.53. The molecule has 1 saturated heterocycles. The van der Waals surface area contributed by atoms with E-state index in [0.717, 1.165) is 5.56 Å². The molecule has 0 aliphatic carbocycles. The number of benzene rings is 2. The van der Waals surface area contributed by atoms with Crippen molar-refractivity contribution in [3.05, 3.63) is 99.7 Å². The Morgan fingerprint density at radius 1 is 1.03 bits per heavy atom. The molecule has 0 spiro atoms. The van der Waals surface area contributed by atoms with Gasteiger partial charge in [0.2, 0.25) is 0 Å². The lowest BCUT2D eigenvalue weighted by atomic mass is 10.1. The highest BCUT2D eigenvalue weighted by molar-refractivity contribution is 5.96. The zero-order valence-electron chi connectivity index (χ0n) is 16.9. The van der Waals surface area contributed by atoms with Crippen LogP contribution in [0.4, 0.5) is 11.4 Å². The Hall–Kier alpha value is -3.78. The number of carbonyl (C=O) groups is 1. The lowest BCUT2D eigenvalue weighted by molar-refractivity contribution is -0.384. The van der Waals surface area contributed by atoms with Gasteiger partial charge in [0.15, 0.2) is 0 Å². The van der Waals surface area contributed by atoms with Crippen LogP contribution >= 0.6 is 0 Å². The Kier molecular flexibility index (Phi) is 6.18. The average Bonchev–Trinajstić information content (AvgIpc) is 2.81. The van der Waals surface area contributed by atoms with Crippen molar-refractivity contribution in [2.24, 2.45) is 4.99 Å². The van der Waals surface area contributed by atoms with Crippen LogP contribution < -0.4 is 10.4 Å². The molecule has 0 unspecified atom stereocenters. The number of anilines is 1. The van der Waals surface area contributed by atoms with Crippen molar-refractivity contribution in [3.8, 4) is 0 Å². The molecular weight excluding hydrogens is 396 g/mol. The first-order valence-electron chi connectivity index (χ1n) is 10.0. The van der Waals surface area contributed by atoms with E-state index in [2.05, 4.69) is 4.99 Å². The summed E-state index contributed by atoms with van der Waals surface area (Å²) in [6, 6.07) is 19.8. The topological polar surface area (TPSA) is 90.0 Å². The van der Waals surface area contributed by atoms with E-state index in [9.17, 15) is 14.9 Å². The summed E-state index contributed by atoms with van der Waals surface area (Å²) in [5, 5.41) is 11.7. The lowest BCUT2D eigenvalue weighted by Crippen LogP contribution is -2.36. The van der Waals surface area contributed by atoms with E-state index in [4.69, 9.17) is 4.74 Å². The minimum atomic E-state index is -0.523. The molecule has 8 heteroatoms. The predicted octanol–water partition coefficient (Wildman–Crippen LogP) is 3.02. The highest BCUT2D eigenvalue weighted by Crippen LogP contribution is 2.30. The number of nitrogens with zero attached hydrogens (tertiary/aromatic N) is 4. The summed E-state index contributed by atoms with van der Waals surface area (Å²) in [6.45, 7) is 2.74. The largest absolute Gasteiger partial charge is 0.378 e. The number of rotatable bonds is 5. The first-order chi connectivity index (χ1) is 15.1. The van der Waals surface area contributed by atoms with Gasteiger partial charge in [0.1, 0.15) is 11.2 Å². The minimum Gasteiger partial charge on any atom is -0.378 e. The van der Waals surface area contributed by atoms with Gasteiger partial charge in [-0.05, 0) is 29.8 Å². The zero-order valence-corrected chi connectivity index (χ0v) is 16.9. The number of ether oxygens (including phenoxy) is 1. The van der Waals surface area contributed by atoms with Gasteiger partial charge in [-0.2, -0.15) is 4.99 Å². The molecule has 31 heavy (non-hydrogen) atoms. The number of nitro benzene ring substituents is 1. The van der Waals surface area contributed by atoms with Gasteiger partial charge in [0, 0.05) is 37.5 Å². The number of hydrogen-bond acceptors (Lipinski definition) is 5.